The maximum absolute atomic E-state index is 4.22. The van der Waals surface area contributed by atoms with Gasteiger partial charge in [0, 0.05) is 5.56 Å². The first-order valence-electron chi connectivity index (χ1n) is 7.07. The fourth-order valence-electron chi connectivity index (χ4n) is 2.33. The second-order valence-corrected chi connectivity index (χ2v) is 5.48. The molecule has 0 unspecified atom stereocenters. The molecule has 0 radical (unpaired) electrons. The van der Waals surface area contributed by atoms with Gasteiger partial charge in [-0.25, -0.2) is 0 Å². The monoisotopic (exact) mass is 279 g/mol. The molecule has 0 spiro atoms. The third kappa shape index (κ3) is 3.85. The van der Waals surface area contributed by atoms with Gasteiger partial charge in [-0.1, -0.05) is 41.5 Å². The summed E-state index contributed by atoms with van der Waals surface area (Å²) in [6.07, 6.45) is 0. The Hall–Kier alpha value is -2.29. The molecule has 0 N–H and O–H groups in total. The lowest BCUT2D eigenvalue weighted by Crippen LogP contribution is -1.97. The van der Waals surface area contributed by atoms with E-state index in [1.807, 2.05) is 26.0 Å². The van der Waals surface area contributed by atoms with E-state index in [0.717, 1.165) is 22.5 Å². The third-order valence-electron chi connectivity index (χ3n) is 3.47. The van der Waals surface area contributed by atoms with Gasteiger partial charge in [0.2, 0.25) is 0 Å². The molecule has 2 rings (SSSR count). The number of hydrogen-bond donors (Lipinski definition) is 0. The minimum absolute atomic E-state index is 0.859. The summed E-state index contributed by atoms with van der Waals surface area (Å²) in [4.78, 5) is 0. The largest absolute Gasteiger partial charge is 0.135 e. The summed E-state index contributed by atoms with van der Waals surface area (Å²) in [5.74, 6) is 0. The van der Waals surface area contributed by atoms with Crippen molar-refractivity contribution in [3.05, 3.63) is 64.2 Å². The Morgan fingerprint density at radius 2 is 1.43 bits per heavy atom. The predicted molar refractivity (Wildman–Crippen MR) is 88.6 cm³/mol. The van der Waals surface area contributed by atoms with Gasteiger partial charge in [0.25, 0.3) is 0 Å². The van der Waals surface area contributed by atoms with Crippen LogP contribution >= 0.6 is 0 Å². The van der Waals surface area contributed by atoms with Crippen LogP contribution < -0.4 is 0 Å². The molecule has 0 saturated heterocycles. The zero-order valence-electron chi connectivity index (χ0n) is 13.3. The highest BCUT2D eigenvalue weighted by Gasteiger charge is 2.02. The van der Waals surface area contributed by atoms with Crippen LogP contribution in [0.2, 0.25) is 0 Å². The van der Waals surface area contributed by atoms with Crippen LogP contribution in [0.25, 0.3) is 0 Å². The van der Waals surface area contributed by atoms with Gasteiger partial charge in [0.05, 0.1) is 11.4 Å². The van der Waals surface area contributed by atoms with Crippen molar-refractivity contribution in [1.29, 1.82) is 0 Å². The van der Waals surface area contributed by atoms with E-state index in [1.54, 1.807) is 0 Å². The minimum Gasteiger partial charge on any atom is -0.135 e. The van der Waals surface area contributed by atoms with Crippen molar-refractivity contribution in [2.24, 2.45) is 15.4 Å². The standard InChI is InChI=1S/C18H21N3/c1-12-6-8-17(14(3)10-12)16(5)19-21-20-18-9-7-13(2)11-15(18)4/h6-11H,1-5H3. The fraction of sp³-hybridized carbons (Fsp3) is 0.278. The molecular weight excluding hydrogens is 258 g/mol. The van der Waals surface area contributed by atoms with Crippen LogP contribution in [0.4, 0.5) is 5.69 Å². The highest BCUT2D eigenvalue weighted by atomic mass is 15.4. The molecule has 3 nitrogen and oxygen atoms in total. The Balaban J connectivity index is 2.21. The van der Waals surface area contributed by atoms with E-state index in [4.69, 9.17) is 0 Å². The first kappa shape index (κ1) is 15.1. The number of nitrogens with zero attached hydrogens (tertiary/aromatic N) is 3. The van der Waals surface area contributed by atoms with Gasteiger partial charge in [-0.3, -0.25) is 0 Å². The van der Waals surface area contributed by atoms with E-state index >= 15 is 0 Å². The second kappa shape index (κ2) is 6.44. The van der Waals surface area contributed by atoms with Gasteiger partial charge in [-0.15, -0.1) is 10.2 Å². The van der Waals surface area contributed by atoms with Crippen molar-refractivity contribution in [3.63, 3.8) is 0 Å². The van der Waals surface area contributed by atoms with E-state index in [1.165, 1.54) is 16.7 Å². The smallest absolute Gasteiger partial charge is 0.0904 e. The third-order valence-corrected chi connectivity index (χ3v) is 3.47. The second-order valence-electron chi connectivity index (χ2n) is 5.48. The highest BCUT2D eigenvalue weighted by molar-refractivity contribution is 5.99. The van der Waals surface area contributed by atoms with Crippen LogP contribution in [0.15, 0.2) is 51.8 Å². The van der Waals surface area contributed by atoms with Gasteiger partial charge in [0.15, 0.2) is 0 Å². The average Bonchev–Trinajstić information content (AvgIpc) is 2.41. The lowest BCUT2D eigenvalue weighted by atomic mass is 10.0. The van der Waals surface area contributed by atoms with Crippen LogP contribution in [0.5, 0.6) is 0 Å². The molecule has 0 aliphatic carbocycles. The van der Waals surface area contributed by atoms with E-state index in [9.17, 15) is 0 Å². The lowest BCUT2D eigenvalue weighted by Gasteiger charge is -2.04. The van der Waals surface area contributed by atoms with Crippen molar-refractivity contribution in [2.45, 2.75) is 34.6 Å². The van der Waals surface area contributed by atoms with E-state index in [0.29, 0.717) is 0 Å². The molecule has 2 aromatic carbocycles. The maximum Gasteiger partial charge on any atom is 0.0904 e. The van der Waals surface area contributed by atoms with Gasteiger partial charge in [0.1, 0.15) is 0 Å². The summed E-state index contributed by atoms with van der Waals surface area (Å²) in [7, 11) is 0. The molecule has 0 atom stereocenters. The molecule has 3 heteroatoms. The molecule has 0 aliphatic rings. The van der Waals surface area contributed by atoms with Gasteiger partial charge < -0.3 is 0 Å². The number of aryl methyl sites for hydroxylation is 4. The topological polar surface area (TPSA) is 37.1 Å². The molecule has 0 aliphatic heterocycles. The Morgan fingerprint density at radius 1 is 0.810 bits per heavy atom. The zero-order valence-corrected chi connectivity index (χ0v) is 13.3. The average molecular weight is 279 g/mol. The molecule has 0 fully saturated rings. The van der Waals surface area contributed by atoms with E-state index in [-0.39, 0.29) is 0 Å². The van der Waals surface area contributed by atoms with Crippen LogP contribution in [0.3, 0.4) is 0 Å². The molecule has 108 valence electrons. The molecule has 0 saturated carbocycles. The molecule has 0 amide bonds. The first-order valence-corrected chi connectivity index (χ1v) is 7.07. The molecular formula is C18H21N3. The van der Waals surface area contributed by atoms with Crippen LogP contribution in [0.1, 0.15) is 34.7 Å². The van der Waals surface area contributed by atoms with Crippen molar-refractivity contribution in [3.8, 4) is 0 Å². The molecule has 0 aromatic heterocycles. The normalized spacial score (nSPS) is 12.1. The van der Waals surface area contributed by atoms with Crippen molar-refractivity contribution in [2.75, 3.05) is 0 Å². The van der Waals surface area contributed by atoms with E-state index < -0.39 is 0 Å². The van der Waals surface area contributed by atoms with Crippen molar-refractivity contribution >= 4 is 11.4 Å². The number of benzene rings is 2. The molecule has 2 aromatic rings. The minimum atomic E-state index is 0.859. The summed E-state index contributed by atoms with van der Waals surface area (Å²) in [5.41, 5.74) is 7.64. The predicted octanol–water partition coefficient (Wildman–Crippen LogP) is 5.43. The maximum atomic E-state index is 4.22. The lowest BCUT2D eigenvalue weighted by molar-refractivity contribution is 1.05. The molecule has 0 heterocycles. The summed E-state index contributed by atoms with van der Waals surface area (Å²) in [6.45, 7) is 10.2. The highest BCUT2D eigenvalue weighted by Crippen LogP contribution is 2.20. The van der Waals surface area contributed by atoms with E-state index in [2.05, 4.69) is 60.5 Å². The number of hydrogen-bond acceptors (Lipinski definition) is 2. The fourth-order valence-corrected chi connectivity index (χ4v) is 2.33. The first-order chi connectivity index (χ1) is 9.97. The molecule has 0 bridgehead atoms. The number of rotatable bonds is 3. The quantitative estimate of drug-likeness (QED) is 0.408. The zero-order chi connectivity index (χ0) is 15.4. The van der Waals surface area contributed by atoms with Gasteiger partial charge in [-0.2, -0.15) is 0 Å². The summed E-state index contributed by atoms with van der Waals surface area (Å²) >= 11 is 0. The summed E-state index contributed by atoms with van der Waals surface area (Å²) < 4.78 is 0. The van der Waals surface area contributed by atoms with Gasteiger partial charge >= 0.3 is 0 Å². The van der Waals surface area contributed by atoms with Gasteiger partial charge in [-0.05, 0) is 57.0 Å². The Bertz CT molecular complexity index is 712. The Labute approximate surface area is 126 Å². The van der Waals surface area contributed by atoms with Crippen LogP contribution in [-0.4, -0.2) is 5.71 Å². The van der Waals surface area contributed by atoms with Crippen LogP contribution in [0, 0.1) is 27.7 Å². The SMILES string of the molecule is CC(=NN=Nc1ccc(C)cc1C)c1ccc(C)cc1C. The Kier molecular flexibility index (Phi) is 4.63. The van der Waals surface area contributed by atoms with Crippen molar-refractivity contribution in [1.82, 2.24) is 0 Å². The summed E-state index contributed by atoms with van der Waals surface area (Å²) in [5, 5.41) is 12.4. The van der Waals surface area contributed by atoms with Crippen LogP contribution in [-0.2, 0) is 0 Å². The summed E-state index contributed by atoms with van der Waals surface area (Å²) in [6, 6.07) is 12.4. The molecule has 21 heavy (non-hydrogen) atoms. The Morgan fingerprint density at radius 3 is 2.05 bits per heavy atom. The van der Waals surface area contributed by atoms with Crippen molar-refractivity contribution < 1.29 is 0 Å².